The Bertz CT molecular complexity index is 705. The van der Waals surface area contributed by atoms with Crippen LogP contribution >= 0.6 is 0 Å². The van der Waals surface area contributed by atoms with Crippen molar-refractivity contribution in [2.75, 3.05) is 0 Å². The molecule has 0 bridgehead atoms. The molecular weight excluding hydrogens is 300 g/mol. The summed E-state index contributed by atoms with van der Waals surface area (Å²) in [5.41, 5.74) is 1.10. The highest BCUT2D eigenvalue weighted by atomic mass is 16.6. The maximum atomic E-state index is 12.0. The molecule has 2 aromatic heterocycles. The summed E-state index contributed by atoms with van der Waals surface area (Å²) in [6, 6.07) is 1.68. The van der Waals surface area contributed by atoms with Gasteiger partial charge in [0, 0.05) is 25.7 Å². The average Bonchev–Trinajstić information content (AvgIpc) is 3.11. The lowest BCUT2D eigenvalue weighted by Crippen LogP contribution is -2.27. The molecule has 1 N–H and O–H groups in total. The van der Waals surface area contributed by atoms with E-state index in [-0.39, 0.29) is 30.6 Å². The zero-order valence-corrected chi connectivity index (χ0v) is 13.4. The largest absolute Gasteiger partial charge is 0.348 e. The minimum absolute atomic E-state index is 0.0381. The first kappa shape index (κ1) is 16.7. The van der Waals surface area contributed by atoms with Crippen LogP contribution in [0.3, 0.4) is 0 Å². The van der Waals surface area contributed by atoms with Gasteiger partial charge in [-0.05, 0) is 26.8 Å². The predicted octanol–water partition coefficient (Wildman–Crippen LogP) is 1.58. The first-order valence-corrected chi connectivity index (χ1v) is 7.41. The minimum Gasteiger partial charge on any atom is -0.348 e. The van der Waals surface area contributed by atoms with Crippen molar-refractivity contribution in [1.82, 2.24) is 24.9 Å². The number of nitrogens with one attached hydrogen (secondary N) is 1. The van der Waals surface area contributed by atoms with Crippen molar-refractivity contribution in [1.29, 1.82) is 0 Å². The summed E-state index contributed by atoms with van der Waals surface area (Å²) in [6.07, 6.45) is 3.40. The lowest BCUT2D eigenvalue weighted by Gasteiger charge is -2.11. The summed E-state index contributed by atoms with van der Waals surface area (Å²) < 4.78 is 3.22. The van der Waals surface area contributed by atoms with Gasteiger partial charge in [0.25, 0.3) is 0 Å². The molecule has 9 heteroatoms. The Morgan fingerprint density at radius 2 is 2.17 bits per heavy atom. The molecule has 2 heterocycles. The summed E-state index contributed by atoms with van der Waals surface area (Å²) in [5.74, 6) is -0.153. The summed E-state index contributed by atoms with van der Waals surface area (Å²) in [7, 11) is 0. The fourth-order valence-corrected chi connectivity index (χ4v) is 2.19. The second-order valence-corrected chi connectivity index (χ2v) is 5.26. The van der Waals surface area contributed by atoms with E-state index in [1.165, 1.54) is 10.9 Å². The molecule has 1 unspecified atom stereocenters. The first-order chi connectivity index (χ1) is 10.9. The maximum Gasteiger partial charge on any atom is 0.309 e. The topological polar surface area (TPSA) is 108 Å². The van der Waals surface area contributed by atoms with Crippen LogP contribution in [0.25, 0.3) is 0 Å². The molecule has 0 radical (unpaired) electrons. The monoisotopic (exact) mass is 320 g/mol. The fourth-order valence-electron chi connectivity index (χ4n) is 2.19. The minimum atomic E-state index is -0.481. The average molecular weight is 320 g/mol. The van der Waals surface area contributed by atoms with Crippen molar-refractivity contribution in [2.45, 2.75) is 46.3 Å². The number of rotatable bonds is 7. The van der Waals surface area contributed by atoms with Gasteiger partial charge in [0.05, 0.1) is 16.7 Å². The molecule has 2 rings (SSSR count). The SMILES string of the molecule is CCn1ccc(C(C)NC(=O)CCn2cc([N+](=O)[O-])c(C)n2)n1. The van der Waals surface area contributed by atoms with Gasteiger partial charge in [0.2, 0.25) is 5.91 Å². The van der Waals surface area contributed by atoms with Gasteiger partial charge < -0.3 is 5.32 Å². The summed E-state index contributed by atoms with van der Waals surface area (Å²) in [4.78, 5) is 22.3. The van der Waals surface area contributed by atoms with Gasteiger partial charge in [-0.2, -0.15) is 10.2 Å². The number of nitro groups is 1. The van der Waals surface area contributed by atoms with Crippen LogP contribution < -0.4 is 5.32 Å². The second-order valence-electron chi connectivity index (χ2n) is 5.26. The molecule has 0 fully saturated rings. The normalized spacial score (nSPS) is 12.1. The Hall–Kier alpha value is -2.71. The third kappa shape index (κ3) is 4.15. The van der Waals surface area contributed by atoms with Crippen molar-refractivity contribution >= 4 is 11.6 Å². The molecule has 0 spiro atoms. The van der Waals surface area contributed by atoms with Crippen molar-refractivity contribution in [2.24, 2.45) is 0 Å². The molecule has 23 heavy (non-hydrogen) atoms. The van der Waals surface area contributed by atoms with Crippen LogP contribution in [-0.2, 0) is 17.9 Å². The van der Waals surface area contributed by atoms with Gasteiger partial charge >= 0.3 is 5.69 Å². The van der Waals surface area contributed by atoms with Crippen molar-refractivity contribution < 1.29 is 9.72 Å². The van der Waals surface area contributed by atoms with Crippen molar-refractivity contribution in [3.63, 3.8) is 0 Å². The Morgan fingerprint density at radius 1 is 1.43 bits per heavy atom. The predicted molar refractivity (Wildman–Crippen MR) is 82.7 cm³/mol. The summed E-state index contributed by atoms with van der Waals surface area (Å²) >= 11 is 0. The van der Waals surface area contributed by atoms with Gasteiger partial charge in [-0.25, -0.2) is 0 Å². The number of nitrogens with zero attached hydrogens (tertiary/aromatic N) is 5. The number of aromatic nitrogens is 4. The molecule has 2 aromatic rings. The molecule has 0 saturated heterocycles. The highest BCUT2D eigenvalue weighted by molar-refractivity contribution is 5.76. The van der Waals surface area contributed by atoms with E-state index in [9.17, 15) is 14.9 Å². The van der Waals surface area contributed by atoms with E-state index in [4.69, 9.17) is 0 Å². The molecule has 124 valence electrons. The zero-order chi connectivity index (χ0) is 17.0. The summed E-state index contributed by atoms with van der Waals surface area (Å²) in [6.45, 7) is 6.49. The number of carbonyl (C=O) groups excluding carboxylic acids is 1. The molecule has 0 aliphatic rings. The van der Waals surface area contributed by atoms with E-state index >= 15 is 0 Å². The highest BCUT2D eigenvalue weighted by Gasteiger charge is 2.16. The van der Waals surface area contributed by atoms with E-state index in [2.05, 4.69) is 15.5 Å². The number of aryl methyl sites for hydroxylation is 3. The van der Waals surface area contributed by atoms with Gasteiger partial charge in [0.15, 0.2) is 0 Å². The molecule has 0 aliphatic carbocycles. The second kappa shape index (κ2) is 7.03. The van der Waals surface area contributed by atoms with E-state index < -0.39 is 4.92 Å². The lowest BCUT2D eigenvalue weighted by atomic mass is 10.2. The maximum absolute atomic E-state index is 12.0. The number of amides is 1. The van der Waals surface area contributed by atoms with Gasteiger partial charge in [-0.1, -0.05) is 0 Å². The molecular formula is C14H20N6O3. The van der Waals surface area contributed by atoms with E-state index in [1.807, 2.05) is 26.1 Å². The van der Waals surface area contributed by atoms with Gasteiger partial charge in [0.1, 0.15) is 11.9 Å². The van der Waals surface area contributed by atoms with Crippen LogP contribution in [-0.4, -0.2) is 30.4 Å². The number of hydrogen-bond acceptors (Lipinski definition) is 5. The van der Waals surface area contributed by atoms with E-state index in [1.54, 1.807) is 11.6 Å². The quantitative estimate of drug-likeness (QED) is 0.615. The van der Waals surface area contributed by atoms with Gasteiger partial charge in [-0.3, -0.25) is 24.3 Å². The number of hydrogen-bond donors (Lipinski definition) is 1. The van der Waals surface area contributed by atoms with Crippen LogP contribution in [0.1, 0.15) is 37.7 Å². The lowest BCUT2D eigenvalue weighted by molar-refractivity contribution is -0.385. The molecule has 9 nitrogen and oxygen atoms in total. The van der Waals surface area contributed by atoms with Crippen LogP contribution in [0.4, 0.5) is 5.69 Å². The Morgan fingerprint density at radius 3 is 2.74 bits per heavy atom. The molecule has 0 aromatic carbocycles. The van der Waals surface area contributed by atoms with E-state index in [0.29, 0.717) is 5.69 Å². The van der Waals surface area contributed by atoms with Crippen LogP contribution in [0.5, 0.6) is 0 Å². The van der Waals surface area contributed by atoms with Gasteiger partial charge in [-0.15, -0.1) is 0 Å². The Balaban J connectivity index is 1.87. The smallest absolute Gasteiger partial charge is 0.309 e. The third-order valence-corrected chi connectivity index (χ3v) is 3.49. The van der Waals surface area contributed by atoms with Crippen LogP contribution in [0.2, 0.25) is 0 Å². The van der Waals surface area contributed by atoms with E-state index in [0.717, 1.165) is 12.2 Å². The third-order valence-electron chi connectivity index (χ3n) is 3.49. The Labute approximate surface area is 133 Å². The molecule has 0 aliphatic heterocycles. The van der Waals surface area contributed by atoms with Crippen molar-refractivity contribution in [3.05, 3.63) is 40.0 Å². The zero-order valence-electron chi connectivity index (χ0n) is 13.4. The summed E-state index contributed by atoms with van der Waals surface area (Å²) in [5, 5.41) is 22.0. The molecule has 1 atom stereocenters. The highest BCUT2D eigenvalue weighted by Crippen LogP contribution is 2.15. The standard InChI is InChI=1S/C14H20N6O3/c1-4-18-7-5-12(17-18)10(2)15-14(21)6-8-19-9-13(20(22)23)11(3)16-19/h5,7,9-10H,4,6,8H2,1-3H3,(H,15,21). The van der Waals surface area contributed by atoms with Crippen molar-refractivity contribution in [3.8, 4) is 0 Å². The fraction of sp³-hybridized carbons (Fsp3) is 0.500. The van der Waals surface area contributed by atoms with Crippen LogP contribution in [0, 0.1) is 17.0 Å². The number of carbonyl (C=O) groups is 1. The first-order valence-electron chi connectivity index (χ1n) is 7.41. The van der Waals surface area contributed by atoms with Crippen LogP contribution in [0.15, 0.2) is 18.5 Å². The molecule has 0 saturated carbocycles. The molecule has 1 amide bonds. The Kier molecular flexibility index (Phi) is 5.09.